The lowest BCUT2D eigenvalue weighted by Gasteiger charge is -2.42. The summed E-state index contributed by atoms with van der Waals surface area (Å²) in [6.45, 7) is 5.40. The Morgan fingerprint density at radius 2 is 2.35 bits per heavy atom. The Labute approximate surface area is 99.4 Å². The van der Waals surface area contributed by atoms with E-state index in [1.54, 1.807) is 4.90 Å². The normalized spacial score (nSPS) is 19.1. The number of nitrogens with zero attached hydrogens (tertiary/aromatic N) is 2. The average molecular weight is 238 g/mol. The highest BCUT2D eigenvalue weighted by atomic mass is 19.1. The van der Waals surface area contributed by atoms with Crippen LogP contribution in [0.2, 0.25) is 0 Å². The Morgan fingerprint density at radius 1 is 1.59 bits per heavy atom. The Morgan fingerprint density at radius 3 is 3.00 bits per heavy atom. The highest BCUT2D eigenvalue weighted by Gasteiger charge is 2.34. The number of morpholine rings is 1. The van der Waals surface area contributed by atoms with Gasteiger partial charge in [-0.25, -0.2) is 4.98 Å². The van der Waals surface area contributed by atoms with Crippen LogP contribution in [-0.4, -0.2) is 41.1 Å². The second-order valence-electron chi connectivity index (χ2n) is 4.69. The molecule has 1 aromatic heterocycles. The van der Waals surface area contributed by atoms with Gasteiger partial charge in [0.2, 0.25) is 5.95 Å². The van der Waals surface area contributed by atoms with Gasteiger partial charge in [0.1, 0.15) is 0 Å². The first-order valence-corrected chi connectivity index (χ1v) is 5.52. The molecule has 0 atom stereocenters. The number of carbonyl (C=O) groups excluding carboxylic acids is 1. The third-order valence-electron chi connectivity index (χ3n) is 2.86. The molecule has 2 heterocycles. The Kier molecular flexibility index (Phi) is 3.11. The van der Waals surface area contributed by atoms with E-state index >= 15 is 0 Å². The lowest BCUT2D eigenvalue weighted by atomic mass is 10.0. The number of pyridine rings is 1. The van der Waals surface area contributed by atoms with Gasteiger partial charge >= 0.3 is 0 Å². The molecular formula is C12H15FN2O2. The molecule has 0 aliphatic carbocycles. The van der Waals surface area contributed by atoms with Crippen LogP contribution in [0, 0.1) is 5.95 Å². The molecule has 1 aliphatic heterocycles. The second kappa shape index (κ2) is 4.41. The first kappa shape index (κ1) is 12.0. The molecule has 92 valence electrons. The zero-order chi connectivity index (χ0) is 12.5. The van der Waals surface area contributed by atoms with Crippen LogP contribution >= 0.6 is 0 Å². The standard InChI is InChI=1S/C12H15FN2O2/c1-12(2)8-17-6-5-15(12)11(16)9-3-4-14-10(13)7-9/h3-4,7H,5-6,8H2,1-2H3. The van der Waals surface area contributed by atoms with Crippen molar-refractivity contribution in [2.75, 3.05) is 19.8 Å². The van der Waals surface area contributed by atoms with Crippen LogP contribution in [0.5, 0.6) is 0 Å². The van der Waals surface area contributed by atoms with Gasteiger partial charge in [0.05, 0.1) is 18.8 Å². The molecule has 17 heavy (non-hydrogen) atoms. The molecule has 0 saturated carbocycles. The van der Waals surface area contributed by atoms with Gasteiger partial charge in [-0.3, -0.25) is 4.79 Å². The van der Waals surface area contributed by atoms with Crippen molar-refractivity contribution in [3.63, 3.8) is 0 Å². The molecule has 1 aromatic rings. The van der Waals surface area contributed by atoms with Crippen molar-refractivity contribution in [2.24, 2.45) is 0 Å². The molecule has 1 amide bonds. The van der Waals surface area contributed by atoms with Gasteiger partial charge < -0.3 is 9.64 Å². The summed E-state index contributed by atoms with van der Waals surface area (Å²) in [7, 11) is 0. The van der Waals surface area contributed by atoms with Crippen LogP contribution < -0.4 is 0 Å². The quantitative estimate of drug-likeness (QED) is 0.696. The minimum Gasteiger partial charge on any atom is -0.377 e. The molecule has 1 aliphatic rings. The highest BCUT2D eigenvalue weighted by molar-refractivity contribution is 5.94. The molecule has 0 unspecified atom stereocenters. The minimum atomic E-state index is -0.637. The molecule has 0 radical (unpaired) electrons. The fraction of sp³-hybridized carbons (Fsp3) is 0.500. The maximum absolute atomic E-state index is 13.0. The first-order chi connectivity index (χ1) is 8.00. The smallest absolute Gasteiger partial charge is 0.254 e. The van der Waals surface area contributed by atoms with Gasteiger partial charge in [0.25, 0.3) is 5.91 Å². The maximum atomic E-state index is 13.0. The van der Waals surface area contributed by atoms with Crippen LogP contribution in [0.25, 0.3) is 0 Å². The van der Waals surface area contributed by atoms with E-state index in [0.717, 1.165) is 6.07 Å². The number of aromatic nitrogens is 1. The number of halogens is 1. The lowest BCUT2D eigenvalue weighted by molar-refractivity contribution is -0.0370. The van der Waals surface area contributed by atoms with Crippen molar-refractivity contribution in [3.05, 3.63) is 29.8 Å². The van der Waals surface area contributed by atoms with Crippen LogP contribution in [0.1, 0.15) is 24.2 Å². The SMILES string of the molecule is CC1(C)COCCN1C(=O)c1ccnc(F)c1. The molecule has 2 rings (SSSR count). The molecule has 0 spiro atoms. The average Bonchev–Trinajstić information content (AvgIpc) is 2.27. The van der Waals surface area contributed by atoms with Crippen LogP contribution in [0.4, 0.5) is 4.39 Å². The van der Waals surface area contributed by atoms with Crippen LogP contribution in [-0.2, 0) is 4.74 Å². The van der Waals surface area contributed by atoms with Gasteiger partial charge in [0.15, 0.2) is 0 Å². The predicted molar refractivity (Wildman–Crippen MR) is 60.1 cm³/mol. The number of ether oxygens (including phenoxy) is 1. The topological polar surface area (TPSA) is 42.4 Å². The van der Waals surface area contributed by atoms with Crippen molar-refractivity contribution in [2.45, 2.75) is 19.4 Å². The van der Waals surface area contributed by atoms with E-state index in [9.17, 15) is 9.18 Å². The summed E-state index contributed by atoms with van der Waals surface area (Å²) < 4.78 is 18.3. The fourth-order valence-electron chi connectivity index (χ4n) is 1.93. The summed E-state index contributed by atoms with van der Waals surface area (Å²) in [5.41, 5.74) is -0.0396. The largest absolute Gasteiger partial charge is 0.377 e. The molecular weight excluding hydrogens is 223 g/mol. The molecule has 4 nitrogen and oxygen atoms in total. The number of rotatable bonds is 1. The minimum absolute atomic E-state index is 0.181. The van der Waals surface area contributed by atoms with Crippen molar-refractivity contribution < 1.29 is 13.9 Å². The molecule has 5 heteroatoms. The second-order valence-corrected chi connectivity index (χ2v) is 4.69. The highest BCUT2D eigenvalue weighted by Crippen LogP contribution is 2.21. The van der Waals surface area contributed by atoms with Crippen molar-refractivity contribution >= 4 is 5.91 Å². The van der Waals surface area contributed by atoms with Gasteiger partial charge in [-0.1, -0.05) is 0 Å². The van der Waals surface area contributed by atoms with E-state index in [1.807, 2.05) is 13.8 Å². The predicted octanol–water partition coefficient (Wildman–Crippen LogP) is 1.47. The van der Waals surface area contributed by atoms with E-state index in [2.05, 4.69) is 4.98 Å². The molecule has 0 aromatic carbocycles. The Balaban J connectivity index is 2.25. The number of hydrogen-bond donors (Lipinski definition) is 0. The zero-order valence-electron chi connectivity index (χ0n) is 9.94. The lowest BCUT2D eigenvalue weighted by Crippen LogP contribution is -2.55. The molecule has 0 N–H and O–H groups in total. The Hall–Kier alpha value is -1.49. The van der Waals surface area contributed by atoms with E-state index in [4.69, 9.17) is 4.74 Å². The monoisotopic (exact) mass is 238 g/mol. The first-order valence-electron chi connectivity index (χ1n) is 5.52. The summed E-state index contributed by atoms with van der Waals surface area (Å²) in [6, 6.07) is 2.69. The molecule has 1 fully saturated rings. The van der Waals surface area contributed by atoms with Crippen LogP contribution in [0.15, 0.2) is 18.3 Å². The van der Waals surface area contributed by atoms with Gasteiger partial charge in [-0.05, 0) is 19.9 Å². The van der Waals surface area contributed by atoms with Crippen molar-refractivity contribution in [1.82, 2.24) is 9.88 Å². The number of amides is 1. The van der Waals surface area contributed by atoms with Gasteiger partial charge in [-0.15, -0.1) is 0 Å². The van der Waals surface area contributed by atoms with E-state index in [0.29, 0.717) is 25.3 Å². The number of hydrogen-bond acceptors (Lipinski definition) is 3. The van der Waals surface area contributed by atoms with Gasteiger partial charge in [-0.2, -0.15) is 4.39 Å². The van der Waals surface area contributed by atoms with E-state index in [1.165, 1.54) is 12.3 Å². The summed E-state index contributed by atoms with van der Waals surface area (Å²) in [5.74, 6) is -0.818. The molecule has 0 bridgehead atoms. The number of carbonyl (C=O) groups is 1. The summed E-state index contributed by atoms with van der Waals surface area (Å²) in [6.07, 6.45) is 1.30. The maximum Gasteiger partial charge on any atom is 0.254 e. The summed E-state index contributed by atoms with van der Waals surface area (Å²) in [4.78, 5) is 17.4. The summed E-state index contributed by atoms with van der Waals surface area (Å²) >= 11 is 0. The third kappa shape index (κ3) is 2.44. The Bertz CT molecular complexity index is 434. The van der Waals surface area contributed by atoms with Crippen molar-refractivity contribution in [3.8, 4) is 0 Å². The van der Waals surface area contributed by atoms with E-state index in [-0.39, 0.29) is 11.4 Å². The van der Waals surface area contributed by atoms with Crippen LogP contribution in [0.3, 0.4) is 0 Å². The van der Waals surface area contributed by atoms with Gasteiger partial charge in [0, 0.05) is 24.4 Å². The summed E-state index contributed by atoms with van der Waals surface area (Å²) in [5, 5.41) is 0. The zero-order valence-corrected chi connectivity index (χ0v) is 9.94. The third-order valence-corrected chi connectivity index (χ3v) is 2.86. The molecule has 1 saturated heterocycles. The van der Waals surface area contributed by atoms with Crippen molar-refractivity contribution in [1.29, 1.82) is 0 Å². The fourth-order valence-corrected chi connectivity index (χ4v) is 1.93. The van der Waals surface area contributed by atoms with E-state index < -0.39 is 5.95 Å².